The molecule has 1 saturated heterocycles. The second-order valence-corrected chi connectivity index (χ2v) is 4.77. The molecular weight excluding hydrogens is 290 g/mol. The molecule has 0 amide bonds. The molecular formula is C12H10F6O2. The Morgan fingerprint density at radius 3 is 1.85 bits per heavy atom. The van der Waals surface area contributed by atoms with Crippen molar-refractivity contribution in [2.24, 2.45) is 0 Å². The Labute approximate surface area is 110 Å². The number of hydrogen-bond donors (Lipinski definition) is 0. The monoisotopic (exact) mass is 300 g/mol. The molecule has 0 radical (unpaired) electrons. The Hall–Kier alpha value is -1.44. The summed E-state index contributed by atoms with van der Waals surface area (Å²) in [6, 6.07) is 1.14. The van der Waals surface area contributed by atoms with Gasteiger partial charge in [0.2, 0.25) is 0 Å². The second-order valence-electron chi connectivity index (χ2n) is 4.77. The number of halogens is 6. The van der Waals surface area contributed by atoms with Crippen molar-refractivity contribution in [3.8, 4) is 5.75 Å². The average Bonchev–Trinajstić information content (AvgIpc) is 3.03. The van der Waals surface area contributed by atoms with E-state index in [1.165, 1.54) is 0 Å². The lowest BCUT2D eigenvalue weighted by Crippen LogP contribution is -2.18. The summed E-state index contributed by atoms with van der Waals surface area (Å²) >= 11 is 0. The number of benzene rings is 1. The van der Waals surface area contributed by atoms with Crippen LogP contribution in [0.5, 0.6) is 5.75 Å². The van der Waals surface area contributed by atoms with E-state index in [1.807, 2.05) is 0 Å². The van der Waals surface area contributed by atoms with Crippen molar-refractivity contribution in [3.05, 3.63) is 29.3 Å². The second kappa shape index (κ2) is 4.54. The lowest BCUT2D eigenvalue weighted by molar-refractivity contribution is -0.143. The fraction of sp³-hybridized carbons (Fsp3) is 0.500. The SMILES string of the molecule is CC1(COc2cc(C(F)(F)F)cc(C(F)(F)F)c2)CO1. The molecule has 1 atom stereocenters. The van der Waals surface area contributed by atoms with Crippen molar-refractivity contribution < 1.29 is 35.8 Å². The topological polar surface area (TPSA) is 21.8 Å². The molecule has 0 bridgehead atoms. The zero-order valence-corrected chi connectivity index (χ0v) is 10.2. The van der Waals surface area contributed by atoms with Crippen molar-refractivity contribution >= 4 is 0 Å². The third-order valence-corrected chi connectivity index (χ3v) is 2.74. The summed E-state index contributed by atoms with van der Waals surface area (Å²) < 4.78 is 85.4. The summed E-state index contributed by atoms with van der Waals surface area (Å²) in [7, 11) is 0. The molecule has 2 nitrogen and oxygen atoms in total. The molecule has 20 heavy (non-hydrogen) atoms. The molecule has 0 spiro atoms. The Kier molecular flexibility index (Phi) is 3.40. The van der Waals surface area contributed by atoms with E-state index in [-0.39, 0.29) is 12.7 Å². The fourth-order valence-corrected chi connectivity index (χ4v) is 1.45. The van der Waals surface area contributed by atoms with Crippen LogP contribution >= 0.6 is 0 Å². The minimum atomic E-state index is -4.88. The van der Waals surface area contributed by atoms with Crippen LogP contribution in [-0.4, -0.2) is 18.8 Å². The van der Waals surface area contributed by atoms with E-state index in [1.54, 1.807) is 6.92 Å². The summed E-state index contributed by atoms with van der Waals surface area (Å²) in [6.45, 7) is 1.90. The van der Waals surface area contributed by atoms with Crippen LogP contribution < -0.4 is 4.74 Å². The number of alkyl halides is 6. The molecule has 112 valence electrons. The van der Waals surface area contributed by atoms with Gasteiger partial charge >= 0.3 is 12.4 Å². The van der Waals surface area contributed by atoms with Gasteiger partial charge in [0.05, 0.1) is 17.7 Å². The number of ether oxygens (including phenoxy) is 2. The summed E-state index contributed by atoms with van der Waals surface area (Å²) in [5, 5.41) is 0. The van der Waals surface area contributed by atoms with E-state index in [2.05, 4.69) is 0 Å². The Bertz CT molecular complexity index is 469. The van der Waals surface area contributed by atoms with Crippen LogP contribution in [-0.2, 0) is 17.1 Å². The van der Waals surface area contributed by atoms with Crippen molar-refractivity contribution in [2.75, 3.05) is 13.2 Å². The molecule has 1 unspecified atom stereocenters. The molecule has 1 aliphatic heterocycles. The van der Waals surface area contributed by atoms with Crippen molar-refractivity contribution in [1.29, 1.82) is 0 Å². The van der Waals surface area contributed by atoms with Crippen LogP contribution in [0.25, 0.3) is 0 Å². The first kappa shape index (κ1) is 15.0. The van der Waals surface area contributed by atoms with E-state index in [4.69, 9.17) is 9.47 Å². The van der Waals surface area contributed by atoms with Gasteiger partial charge in [-0.2, -0.15) is 26.3 Å². The van der Waals surface area contributed by atoms with E-state index >= 15 is 0 Å². The van der Waals surface area contributed by atoms with Gasteiger partial charge in [0.1, 0.15) is 18.0 Å². The maximum atomic E-state index is 12.6. The predicted molar refractivity (Wildman–Crippen MR) is 56.3 cm³/mol. The standard InChI is InChI=1S/C12H10F6O2/c1-10(6-20-10)5-19-9-3-7(11(13,14)15)2-8(4-9)12(16,17)18/h2-4H,5-6H2,1H3. The molecule has 0 saturated carbocycles. The normalized spacial score (nSPS) is 22.8. The highest BCUT2D eigenvalue weighted by atomic mass is 19.4. The summed E-state index contributed by atoms with van der Waals surface area (Å²) in [5.74, 6) is -0.483. The number of epoxide rings is 1. The van der Waals surface area contributed by atoms with Gasteiger partial charge in [-0.1, -0.05) is 0 Å². The maximum Gasteiger partial charge on any atom is 0.416 e. The van der Waals surface area contributed by atoms with Crippen LogP contribution in [0.15, 0.2) is 18.2 Å². The largest absolute Gasteiger partial charge is 0.490 e. The lowest BCUT2D eigenvalue weighted by atomic mass is 10.1. The molecule has 0 aromatic heterocycles. The van der Waals surface area contributed by atoms with Gasteiger partial charge in [0.15, 0.2) is 0 Å². The van der Waals surface area contributed by atoms with E-state index < -0.39 is 34.8 Å². The molecule has 1 aromatic rings. The molecule has 0 aliphatic carbocycles. The first-order chi connectivity index (χ1) is 9.00. The first-order valence-electron chi connectivity index (χ1n) is 5.56. The minimum Gasteiger partial charge on any atom is -0.490 e. The third kappa shape index (κ3) is 3.56. The number of hydrogen-bond acceptors (Lipinski definition) is 2. The zero-order valence-electron chi connectivity index (χ0n) is 10.2. The maximum absolute atomic E-state index is 12.6. The molecule has 1 aliphatic rings. The van der Waals surface area contributed by atoms with Crippen LogP contribution in [0.3, 0.4) is 0 Å². The quantitative estimate of drug-likeness (QED) is 0.624. The summed E-state index contributed by atoms with van der Waals surface area (Å²) in [4.78, 5) is 0. The molecule has 2 rings (SSSR count). The third-order valence-electron chi connectivity index (χ3n) is 2.74. The highest BCUT2D eigenvalue weighted by Gasteiger charge is 2.41. The van der Waals surface area contributed by atoms with Crippen molar-refractivity contribution in [1.82, 2.24) is 0 Å². The Morgan fingerprint density at radius 1 is 1.05 bits per heavy atom. The summed E-state index contributed by atoms with van der Waals surface area (Å²) in [5.41, 5.74) is -3.43. The van der Waals surface area contributed by atoms with Crippen molar-refractivity contribution in [2.45, 2.75) is 24.9 Å². The van der Waals surface area contributed by atoms with Gasteiger partial charge in [-0.05, 0) is 25.1 Å². The van der Waals surface area contributed by atoms with Gasteiger partial charge in [0.25, 0.3) is 0 Å². The molecule has 1 heterocycles. The Balaban J connectivity index is 2.30. The average molecular weight is 300 g/mol. The van der Waals surface area contributed by atoms with Gasteiger partial charge in [-0.15, -0.1) is 0 Å². The summed E-state index contributed by atoms with van der Waals surface area (Å²) in [6.07, 6.45) is -9.75. The molecule has 0 N–H and O–H groups in total. The van der Waals surface area contributed by atoms with Crippen LogP contribution in [0.2, 0.25) is 0 Å². The zero-order chi connectivity index (χ0) is 15.2. The molecule has 1 fully saturated rings. The van der Waals surface area contributed by atoms with E-state index in [9.17, 15) is 26.3 Å². The lowest BCUT2D eigenvalue weighted by Gasteiger charge is -2.15. The molecule has 1 aromatic carbocycles. The fourth-order valence-electron chi connectivity index (χ4n) is 1.45. The smallest absolute Gasteiger partial charge is 0.416 e. The van der Waals surface area contributed by atoms with Gasteiger partial charge < -0.3 is 9.47 Å². The highest BCUT2D eigenvalue weighted by Crippen LogP contribution is 2.38. The minimum absolute atomic E-state index is 0.0577. The van der Waals surface area contributed by atoms with Gasteiger partial charge in [-0.3, -0.25) is 0 Å². The van der Waals surface area contributed by atoms with Crippen molar-refractivity contribution in [3.63, 3.8) is 0 Å². The predicted octanol–water partition coefficient (Wildman–Crippen LogP) is 3.89. The van der Waals surface area contributed by atoms with E-state index in [0.29, 0.717) is 18.7 Å². The molecule has 8 heteroatoms. The van der Waals surface area contributed by atoms with Gasteiger partial charge in [-0.25, -0.2) is 0 Å². The van der Waals surface area contributed by atoms with E-state index in [0.717, 1.165) is 0 Å². The van der Waals surface area contributed by atoms with Crippen LogP contribution in [0.1, 0.15) is 18.1 Å². The Morgan fingerprint density at radius 2 is 1.50 bits per heavy atom. The number of rotatable bonds is 3. The van der Waals surface area contributed by atoms with Crippen LogP contribution in [0.4, 0.5) is 26.3 Å². The highest BCUT2D eigenvalue weighted by molar-refractivity contribution is 5.37. The van der Waals surface area contributed by atoms with Gasteiger partial charge in [0, 0.05) is 0 Å². The first-order valence-corrected chi connectivity index (χ1v) is 5.56. The van der Waals surface area contributed by atoms with Crippen LogP contribution in [0, 0.1) is 0 Å².